The number of anilines is 1. The number of rotatable bonds is 5. The number of benzene rings is 2. The highest BCUT2D eigenvalue weighted by Gasteiger charge is 2.05. The topological polar surface area (TPSA) is 41.6 Å². The highest BCUT2D eigenvalue weighted by Crippen LogP contribution is 2.19. The van der Waals surface area contributed by atoms with Crippen molar-refractivity contribution in [2.45, 2.75) is 6.42 Å². The van der Waals surface area contributed by atoms with E-state index in [1.165, 1.54) is 12.1 Å². The number of nitrogens with one attached hydrogen (secondary N) is 1. The SMILES string of the molecule is CN(C)c1cccc(OC(=O)NCCc2ccc(F)cc2)c1. The van der Waals surface area contributed by atoms with Crippen LogP contribution < -0.4 is 15.0 Å². The lowest BCUT2D eigenvalue weighted by atomic mass is 10.1. The van der Waals surface area contributed by atoms with E-state index >= 15 is 0 Å². The summed E-state index contributed by atoms with van der Waals surface area (Å²) in [6.45, 7) is 0.428. The summed E-state index contributed by atoms with van der Waals surface area (Å²) in [4.78, 5) is 13.7. The maximum Gasteiger partial charge on any atom is 0.412 e. The van der Waals surface area contributed by atoms with Gasteiger partial charge in [0.2, 0.25) is 0 Å². The van der Waals surface area contributed by atoms with Crippen molar-refractivity contribution in [3.05, 3.63) is 59.9 Å². The van der Waals surface area contributed by atoms with Gasteiger partial charge in [-0.3, -0.25) is 0 Å². The van der Waals surface area contributed by atoms with E-state index in [0.29, 0.717) is 18.7 Å². The van der Waals surface area contributed by atoms with Crippen LogP contribution in [0.2, 0.25) is 0 Å². The van der Waals surface area contributed by atoms with Gasteiger partial charge in [0, 0.05) is 32.4 Å². The first kappa shape index (κ1) is 15.8. The molecule has 0 saturated heterocycles. The quantitative estimate of drug-likeness (QED) is 0.922. The number of nitrogens with zero attached hydrogens (tertiary/aromatic N) is 1. The molecule has 0 aliphatic heterocycles. The first-order valence-electron chi connectivity index (χ1n) is 7.02. The summed E-state index contributed by atoms with van der Waals surface area (Å²) < 4.78 is 18.0. The molecule has 1 amide bonds. The van der Waals surface area contributed by atoms with Gasteiger partial charge in [0.1, 0.15) is 11.6 Å². The van der Waals surface area contributed by atoms with Gasteiger partial charge in [-0.15, -0.1) is 0 Å². The molecular weight excluding hydrogens is 283 g/mol. The summed E-state index contributed by atoms with van der Waals surface area (Å²) in [5.74, 6) is 0.224. The van der Waals surface area contributed by atoms with Crippen LogP contribution in [-0.2, 0) is 6.42 Å². The van der Waals surface area contributed by atoms with Crippen molar-refractivity contribution in [1.82, 2.24) is 5.32 Å². The largest absolute Gasteiger partial charge is 0.412 e. The molecule has 0 atom stereocenters. The van der Waals surface area contributed by atoms with Crippen molar-refractivity contribution in [3.63, 3.8) is 0 Å². The van der Waals surface area contributed by atoms with Gasteiger partial charge >= 0.3 is 6.09 Å². The van der Waals surface area contributed by atoms with E-state index in [-0.39, 0.29) is 5.82 Å². The van der Waals surface area contributed by atoms with Crippen LogP contribution in [0, 0.1) is 5.82 Å². The Kier molecular flexibility index (Phi) is 5.36. The zero-order valence-electron chi connectivity index (χ0n) is 12.7. The molecule has 2 aromatic rings. The maximum atomic E-state index is 12.8. The van der Waals surface area contributed by atoms with E-state index in [1.54, 1.807) is 24.3 Å². The van der Waals surface area contributed by atoms with E-state index in [4.69, 9.17) is 4.74 Å². The van der Waals surface area contributed by atoms with E-state index < -0.39 is 6.09 Å². The molecule has 1 N–H and O–H groups in total. The first-order valence-corrected chi connectivity index (χ1v) is 7.02. The average molecular weight is 302 g/mol. The minimum Gasteiger partial charge on any atom is -0.410 e. The van der Waals surface area contributed by atoms with Crippen LogP contribution in [0.3, 0.4) is 0 Å². The second-order valence-corrected chi connectivity index (χ2v) is 5.08. The summed E-state index contributed by atoms with van der Waals surface area (Å²) in [6, 6.07) is 13.5. The van der Waals surface area contributed by atoms with Crippen LogP contribution in [0.15, 0.2) is 48.5 Å². The third-order valence-corrected chi connectivity index (χ3v) is 3.14. The molecule has 0 heterocycles. The lowest BCUT2D eigenvalue weighted by molar-refractivity contribution is 0.200. The van der Waals surface area contributed by atoms with Crippen LogP contribution in [0.25, 0.3) is 0 Å². The summed E-state index contributed by atoms with van der Waals surface area (Å²) >= 11 is 0. The van der Waals surface area contributed by atoms with Crippen molar-refractivity contribution < 1.29 is 13.9 Å². The first-order chi connectivity index (χ1) is 10.5. The Labute approximate surface area is 129 Å². The Hall–Kier alpha value is -2.56. The average Bonchev–Trinajstić information content (AvgIpc) is 2.49. The third-order valence-electron chi connectivity index (χ3n) is 3.14. The Morgan fingerprint density at radius 1 is 1.18 bits per heavy atom. The molecule has 4 nitrogen and oxygen atoms in total. The molecule has 2 aromatic carbocycles. The molecule has 116 valence electrons. The number of halogens is 1. The fourth-order valence-corrected chi connectivity index (χ4v) is 1.93. The number of ether oxygens (including phenoxy) is 1. The molecule has 0 radical (unpaired) electrons. The van der Waals surface area contributed by atoms with Gasteiger partial charge in [0.05, 0.1) is 0 Å². The van der Waals surface area contributed by atoms with Gasteiger partial charge in [-0.25, -0.2) is 9.18 Å². The fourth-order valence-electron chi connectivity index (χ4n) is 1.93. The molecule has 22 heavy (non-hydrogen) atoms. The highest BCUT2D eigenvalue weighted by atomic mass is 19.1. The summed E-state index contributed by atoms with van der Waals surface area (Å²) in [6.07, 6.45) is 0.116. The Bertz CT molecular complexity index is 627. The highest BCUT2D eigenvalue weighted by molar-refractivity contribution is 5.70. The van der Waals surface area contributed by atoms with E-state index in [9.17, 15) is 9.18 Å². The molecule has 0 bridgehead atoms. The van der Waals surface area contributed by atoms with E-state index in [0.717, 1.165) is 11.3 Å². The minimum absolute atomic E-state index is 0.267. The molecule has 0 aliphatic rings. The van der Waals surface area contributed by atoms with Crippen LogP contribution >= 0.6 is 0 Å². The monoisotopic (exact) mass is 302 g/mol. The van der Waals surface area contributed by atoms with Crippen molar-refractivity contribution >= 4 is 11.8 Å². The molecule has 0 aromatic heterocycles. The zero-order valence-corrected chi connectivity index (χ0v) is 12.7. The van der Waals surface area contributed by atoms with Gasteiger partial charge in [-0.05, 0) is 36.2 Å². The van der Waals surface area contributed by atoms with Crippen molar-refractivity contribution in [2.24, 2.45) is 0 Å². The molecule has 0 unspecified atom stereocenters. The van der Waals surface area contributed by atoms with Gasteiger partial charge in [-0.1, -0.05) is 18.2 Å². The van der Waals surface area contributed by atoms with Gasteiger partial charge in [0.25, 0.3) is 0 Å². The van der Waals surface area contributed by atoms with Crippen molar-refractivity contribution in [3.8, 4) is 5.75 Å². The lowest BCUT2D eigenvalue weighted by Crippen LogP contribution is -2.28. The number of amides is 1. The molecule has 5 heteroatoms. The summed E-state index contributed by atoms with van der Waals surface area (Å²) in [5.41, 5.74) is 1.91. The minimum atomic E-state index is -0.502. The molecule has 0 spiro atoms. The maximum absolute atomic E-state index is 12.8. The molecule has 2 rings (SSSR count). The van der Waals surface area contributed by atoms with E-state index in [2.05, 4.69) is 5.32 Å². The predicted octanol–water partition coefficient (Wildman–Crippen LogP) is 3.22. The second kappa shape index (κ2) is 7.45. The Balaban J connectivity index is 1.80. The summed E-state index contributed by atoms with van der Waals surface area (Å²) in [5, 5.41) is 2.67. The zero-order chi connectivity index (χ0) is 15.9. The smallest absolute Gasteiger partial charge is 0.410 e. The van der Waals surface area contributed by atoms with Crippen LogP contribution in [-0.4, -0.2) is 26.7 Å². The fraction of sp³-hybridized carbons (Fsp3) is 0.235. The number of hydrogen-bond acceptors (Lipinski definition) is 3. The molecular formula is C17H19FN2O2. The molecule has 0 fully saturated rings. The second-order valence-electron chi connectivity index (χ2n) is 5.08. The van der Waals surface area contributed by atoms with Crippen LogP contribution in [0.4, 0.5) is 14.9 Å². The standard InChI is InChI=1S/C17H19FN2O2/c1-20(2)15-4-3-5-16(12-15)22-17(21)19-11-10-13-6-8-14(18)9-7-13/h3-9,12H,10-11H2,1-2H3,(H,19,21). The van der Waals surface area contributed by atoms with E-state index in [1.807, 2.05) is 31.1 Å². The van der Waals surface area contributed by atoms with Crippen molar-refractivity contribution in [2.75, 3.05) is 25.5 Å². The summed E-state index contributed by atoms with van der Waals surface area (Å²) in [7, 11) is 3.84. The predicted molar refractivity (Wildman–Crippen MR) is 84.9 cm³/mol. The molecule has 0 aliphatic carbocycles. The third kappa shape index (κ3) is 4.77. The number of carbonyl (C=O) groups excluding carboxylic acids is 1. The number of carbonyl (C=O) groups is 1. The van der Waals surface area contributed by atoms with Crippen LogP contribution in [0.5, 0.6) is 5.75 Å². The normalized spacial score (nSPS) is 10.1. The molecule has 0 saturated carbocycles. The van der Waals surface area contributed by atoms with Crippen molar-refractivity contribution in [1.29, 1.82) is 0 Å². The van der Waals surface area contributed by atoms with Gasteiger partial charge in [0.15, 0.2) is 0 Å². The Morgan fingerprint density at radius 3 is 2.59 bits per heavy atom. The van der Waals surface area contributed by atoms with Crippen LogP contribution in [0.1, 0.15) is 5.56 Å². The number of hydrogen-bond donors (Lipinski definition) is 1. The lowest BCUT2D eigenvalue weighted by Gasteiger charge is -2.13. The Morgan fingerprint density at radius 2 is 1.91 bits per heavy atom. The van der Waals surface area contributed by atoms with Gasteiger partial charge in [-0.2, -0.15) is 0 Å². The van der Waals surface area contributed by atoms with Gasteiger partial charge < -0.3 is 15.0 Å².